The number of ether oxygens (including phenoxy) is 2. The normalized spacial score (nSPS) is 18.2. The first-order valence-corrected chi connectivity index (χ1v) is 19.8. The highest BCUT2D eigenvalue weighted by Crippen LogP contribution is 2.42. The number of aromatic nitrogens is 2. The van der Waals surface area contributed by atoms with Gasteiger partial charge in [-0.1, -0.05) is 13.8 Å². The fraction of sp³-hybridized carbons (Fsp3) is 0.357. The van der Waals surface area contributed by atoms with Gasteiger partial charge in [-0.25, -0.2) is 9.59 Å². The van der Waals surface area contributed by atoms with Crippen LogP contribution in [-0.4, -0.2) is 122 Å². The van der Waals surface area contributed by atoms with Crippen LogP contribution >= 0.6 is 0 Å². The molecule has 2 saturated heterocycles. The van der Waals surface area contributed by atoms with Gasteiger partial charge >= 0.3 is 17.7 Å². The van der Waals surface area contributed by atoms with Crippen molar-refractivity contribution in [1.29, 1.82) is 10.8 Å². The molecule has 0 spiro atoms. The number of benzene rings is 3. The number of aromatic hydroxyl groups is 2. The molecule has 63 heavy (non-hydrogen) atoms. The van der Waals surface area contributed by atoms with Crippen molar-refractivity contribution in [3.05, 3.63) is 99.6 Å². The molecule has 1 aromatic heterocycles. The van der Waals surface area contributed by atoms with Crippen LogP contribution in [0.3, 0.4) is 0 Å². The van der Waals surface area contributed by atoms with Gasteiger partial charge in [0, 0.05) is 61.9 Å². The number of hydrogen-bond acceptors (Lipinski definition) is 14. The van der Waals surface area contributed by atoms with Crippen molar-refractivity contribution in [3.63, 3.8) is 0 Å². The van der Waals surface area contributed by atoms with E-state index in [1.165, 1.54) is 30.3 Å². The Labute approximate surface area is 359 Å². The minimum atomic E-state index is -3.90. The molecule has 3 amide bonds. The molecule has 8 N–H and O–H groups in total. The van der Waals surface area contributed by atoms with Crippen LogP contribution in [0.1, 0.15) is 60.0 Å². The van der Waals surface area contributed by atoms with E-state index in [0.717, 1.165) is 28.9 Å². The van der Waals surface area contributed by atoms with E-state index in [9.17, 15) is 48.4 Å². The van der Waals surface area contributed by atoms with Crippen molar-refractivity contribution in [2.75, 3.05) is 54.4 Å². The number of hydrogen-bond donors (Lipinski definition) is 8. The lowest BCUT2D eigenvalue weighted by Crippen LogP contribution is -2.48. The fourth-order valence-corrected chi connectivity index (χ4v) is 7.14. The number of piperazine rings is 1. The minimum absolute atomic E-state index is 0.0150. The first-order valence-electron chi connectivity index (χ1n) is 19.8. The smallest absolute Gasteiger partial charge is 0.418 e. The van der Waals surface area contributed by atoms with Crippen molar-refractivity contribution in [2.45, 2.75) is 58.0 Å². The Morgan fingerprint density at radius 3 is 2.29 bits per heavy atom. The number of likely N-dealkylation sites (N-methyl/N-ethyl adjacent to an activating group) is 1. The Hall–Kier alpha value is -6.97. The molecule has 0 saturated carbocycles. The number of carbonyl (C=O) groups is 3. The Morgan fingerprint density at radius 2 is 1.70 bits per heavy atom. The average Bonchev–Trinajstić information content (AvgIpc) is 3.48. The van der Waals surface area contributed by atoms with Gasteiger partial charge < -0.3 is 45.0 Å². The van der Waals surface area contributed by atoms with Crippen LogP contribution in [0.25, 0.3) is 0 Å². The van der Waals surface area contributed by atoms with E-state index in [2.05, 4.69) is 15.6 Å². The molecular weight excluding hydrogens is 829 g/mol. The summed E-state index contributed by atoms with van der Waals surface area (Å²) in [5, 5.41) is 62.5. The topological polar surface area (TPSA) is 267 Å². The van der Waals surface area contributed by atoms with Crippen LogP contribution < -0.4 is 30.9 Å². The molecule has 3 atom stereocenters. The van der Waals surface area contributed by atoms with Gasteiger partial charge in [0.2, 0.25) is 6.23 Å². The number of phenolic OH excluding ortho intramolecular Hbond substituents is 2. The number of nitrogens with zero attached hydrogens (tertiary/aromatic N) is 5. The standard InChI is InChI=1S/C42H47F2N9O10/c1-5-47-37(58)36(46)53(35(45)28-19-27(22(2)3)29(55)20-30(28)56)25-8-6-24(7-9-25)38(59)51-16-14-50(15-17-51)26-10-11-31(23(4)18-26)63-41(61)49-33-12-13-52(40(60)48-33)39-42(43,44)34(57)32(21-54)62-39/h6-13,18-20,22,32,34,39,45-46,54-57H,5,14-17,21H2,1-4H3,(H,47,58)(H,48,49,60,61)/t32-,34-,39-/m0/s1. The van der Waals surface area contributed by atoms with E-state index < -0.39 is 66.1 Å². The number of alkyl halides is 2. The first kappa shape index (κ1) is 45.6. The second-order valence-electron chi connectivity index (χ2n) is 15.1. The fourth-order valence-electron chi connectivity index (χ4n) is 7.14. The number of phenols is 2. The van der Waals surface area contributed by atoms with E-state index in [1.807, 2.05) is 18.7 Å². The number of aliphatic hydroxyl groups excluding tert-OH is 2. The van der Waals surface area contributed by atoms with Crippen molar-refractivity contribution in [2.24, 2.45) is 0 Å². The number of halogens is 2. The number of aliphatic hydroxyl groups is 2. The third kappa shape index (κ3) is 9.44. The van der Waals surface area contributed by atoms with Gasteiger partial charge in [-0.2, -0.15) is 13.8 Å². The summed E-state index contributed by atoms with van der Waals surface area (Å²) in [6.07, 6.45) is -6.30. The molecule has 0 bridgehead atoms. The van der Waals surface area contributed by atoms with Crippen LogP contribution in [0, 0.1) is 17.7 Å². The molecular formula is C42H47F2N9O10. The molecule has 334 valence electrons. The van der Waals surface area contributed by atoms with Gasteiger partial charge in [0.1, 0.15) is 35.0 Å². The van der Waals surface area contributed by atoms with Crippen LogP contribution in [-0.2, 0) is 9.53 Å². The lowest BCUT2D eigenvalue weighted by atomic mass is 9.98. The summed E-state index contributed by atoms with van der Waals surface area (Å²) in [5.74, 6) is -6.79. The predicted octanol–water partition coefficient (Wildman–Crippen LogP) is 3.49. The summed E-state index contributed by atoms with van der Waals surface area (Å²) < 4.78 is 39.9. The zero-order valence-corrected chi connectivity index (χ0v) is 34.6. The third-order valence-corrected chi connectivity index (χ3v) is 10.6. The van der Waals surface area contributed by atoms with E-state index in [0.29, 0.717) is 47.4 Å². The molecule has 0 aliphatic carbocycles. The molecule has 21 heteroatoms. The molecule has 2 fully saturated rings. The Morgan fingerprint density at radius 1 is 1.02 bits per heavy atom. The van der Waals surface area contributed by atoms with Crippen molar-refractivity contribution in [3.8, 4) is 17.2 Å². The van der Waals surface area contributed by atoms with Crippen molar-refractivity contribution in [1.82, 2.24) is 19.8 Å². The summed E-state index contributed by atoms with van der Waals surface area (Å²) in [6.45, 7) is 8.01. The highest BCUT2D eigenvalue weighted by atomic mass is 19.3. The van der Waals surface area contributed by atoms with Gasteiger partial charge in [-0.05, 0) is 85.5 Å². The zero-order valence-electron chi connectivity index (χ0n) is 34.6. The van der Waals surface area contributed by atoms with Gasteiger partial charge in [-0.15, -0.1) is 0 Å². The van der Waals surface area contributed by atoms with E-state index in [1.54, 1.807) is 36.9 Å². The highest BCUT2D eigenvalue weighted by Gasteiger charge is 2.59. The van der Waals surface area contributed by atoms with Gasteiger partial charge in [0.15, 0.2) is 11.9 Å². The maximum Gasteiger partial charge on any atom is 0.418 e. The molecule has 3 heterocycles. The van der Waals surface area contributed by atoms with Crippen molar-refractivity contribution < 1.29 is 53.1 Å². The summed E-state index contributed by atoms with van der Waals surface area (Å²) in [5.41, 5.74) is 1.13. The van der Waals surface area contributed by atoms with Crippen molar-refractivity contribution >= 4 is 46.8 Å². The molecule has 6 rings (SSSR count). The monoisotopic (exact) mass is 875 g/mol. The summed E-state index contributed by atoms with van der Waals surface area (Å²) in [6, 6.07) is 14.8. The molecule has 2 aliphatic rings. The van der Waals surface area contributed by atoms with Gasteiger partial charge in [0.25, 0.3) is 11.8 Å². The van der Waals surface area contributed by atoms with Gasteiger partial charge in [-0.3, -0.25) is 35.2 Å². The van der Waals surface area contributed by atoms with Gasteiger partial charge in [0.05, 0.1) is 12.2 Å². The highest BCUT2D eigenvalue weighted by molar-refractivity contribution is 6.48. The van der Waals surface area contributed by atoms with E-state index >= 15 is 0 Å². The van der Waals surface area contributed by atoms with E-state index in [-0.39, 0.29) is 46.9 Å². The largest absolute Gasteiger partial charge is 0.508 e. The molecule has 2 aliphatic heterocycles. The number of nitrogens with one attached hydrogen (secondary N) is 4. The Balaban J connectivity index is 1.07. The molecule has 0 radical (unpaired) electrons. The molecule has 0 unspecified atom stereocenters. The number of rotatable bonds is 10. The second-order valence-corrected chi connectivity index (χ2v) is 15.1. The maximum atomic E-state index is 14.5. The SMILES string of the molecule is CCNC(=O)C(=N)N(C(=N)c1cc(C(C)C)c(O)cc1O)c1ccc(C(=O)N2CCN(c3ccc(OC(=O)Nc4ccn([C@H]5O[C@@H](CO)[C@H](O)C5(F)F)c(=O)n4)c(C)c3)CC2)cc1. The number of amidine groups is 2. The number of carbonyl (C=O) groups excluding carboxylic acids is 3. The summed E-state index contributed by atoms with van der Waals surface area (Å²) in [7, 11) is 0. The lowest BCUT2D eigenvalue weighted by Gasteiger charge is -2.36. The predicted molar refractivity (Wildman–Crippen MR) is 225 cm³/mol. The van der Waals surface area contributed by atoms with Crippen LogP contribution in [0.15, 0.2) is 71.7 Å². The van der Waals surface area contributed by atoms with Crippen LogP contribution in [0.5, 0.6) is 17.2 Å². The Kier molecular flexibility index (Phi) is 13.4. The molecule has 19 nitrogen and oxygen atoms in total. The van der Waals surface area contributed by atoms with Crippen LogP contribution in [0.4, 0.5) is 30.8 Å². The maximum absolute atomic E-state index is 14.5. The third-order valence-electron chi connectivity index (χ3n) is 10.6. The number of aryl methyl sites for hydroxylation is 1. The summed E-state index contributed by atoms with van der Waals surface area (Å²) >= 11 is 0. The quantitative estimate of drug-likeness (QED) is 0.0839. The minimum Gasteiger partial charge on any atom is -0.508 e. The number of amides is 3. The number of anilines is 3. The molecule has 4 aromatic rings. The van der Waals surface area contributed by atoms with Crippen LogP contribution in [0.2, 0.25) is 0 Å². The second kappa shape index (κ2) is 18.6. The summed E-state index contributed by atoms with van der Waals surface area (Å²) in [4.78, 5) is 60.1. The Bertz CT molecular complexity index is 2480. The molecule has 3 aromatic carbocycles. The van der Waals surface area contributed by atoms with E-state index in [4.69, 9.17) is 20.3 Å². The lowest BCUT2D eigenvalue weighted by molar-refractivity contribution is -0.140. The first-order chi connectivity index (χ1) is 29.9. The zero-order chi connectivity index (χ0) is 45.9. The average molecular weight is 876 g/mol.